The van der Waals surface area contributed by atoms with Gasteiger partial charge in [-0.1, -0.05) is 17.7 Å². The predicted octanol–water partition coefficient (Wildman–Crippen LogP) is 3.55. The monoisotopic (exact) mass is 264 g/mol. The maximum Gasteiger partial charge on any atom is 0.226 e. The molecule has 18 heavy (non-hydrogen) atoms. The van der Waals surface area contributed by atoms with Crippen molar-refractivity contribution in [1.82, 2.24) is 9.97 Å². The molecule has 1 heterocycles. The van der Waals surface area contributed by atoms with Gasteiger partial charge in [0.1, 0.15) is 11.5 Å². The molecule has 94 valence electrons. The van der Waals surface area contributed by atoms with Crippen molar-refractivity contribution in [2.45, 2.75) is 13.8 Å². The molecule has 1 aromatic carbocycles. The first-order valence-electron chi connectivity index (χ1n) is 5.41. The van der Waals surface area contributed by atoms with Crippen molar-refractivity contribution >= 4 is 11.6 Å². The summed E-state index contributed by atoms with van der Waals surface area (Å²) >= 11 is 5.92. The Bertz CT molecular complexity index is 573. The first kappa shape index (κ1) is 12.6. The number of halogens is 1. The Morgan fingerprint density at radius 2 is 1.89 bits per heavy atom. The van der Waals surface area contributed by atoms with Crippen LogP contribution in [0.4, 0.5) is 0 Å². The van der Waals surface area contributed by atoms with E-state index in [1.807, 2.05) is 25.1 Å². The lowest BCUT2D eigenvalue weighted by Gasteiger charge is -2.11. The summed E-state index contributed by atoms with van der Waals surface area (Å²) in [5.74, 6) is 1.68. The molecule has 2 rings (SSSR count). The number of rotatable bonds is 3. The zero-order valence-corrected chi connectivity index (χ0v) is 11.2. The number of nitrogens with zero attached hydrogens (tertiary/aromatic N) is 2. The van der Waals surface area contributed by atoms with Crippen molar-refractivity contribution in [3.8, 4) is 17.4 Å². The number of methoxy groups -OCH3 is 1. The highest BCUT2D eigenvalue weighted by molar-refractivity contribution is 6.30. The van der Waals surface area contributed by atoms with Crippen molar-refractivity contribution in [2.75, 3.05) is 7.11 Å². The van der Waals surface area contributed by atoms with E-state index in [-0.39, 0.29) is 0 Å². The van der Waals surface area contributed by atoms with Gasteiger partial charge in [-0.2, -0.15) is 0 Å². The van der Waals surface area contributed by atoms with Crippen molar-refractivity contribution in [2.24, 2.45) is 0 Å². The van der Waals surface area contributed by atoms with Gasteiger partial charge in [-0.15, -0.1) is 0 Å². The fourth-order valence-electron chi connectivity index (χ4n) is 1.48. The van der Waals surface area contributed by atoms with Crippen LogP contribution in [0.1, 0.15) is 11.1 Å². The average Bonchev–Trinajstić information content (AvgIpc) is 2.37. The second-order valence-corrected chi connectivity index (χ2v) is 4.21. The summed E-state index contributed by atoms with van der Waals surface area (Å²) in [5.41, 5.74) is 1.79. The summed E-state index contributed by atoms with van der Waals surface area (Å²) in [7, 11) is 1.60. The van der Waals surface area contributed by atoms with Crippen LogP contribution in [0.3, 0.4) is 0 Å². The quantitative estimate of drug-likeness (QED) is 0.796. The summed E-state index contributed by atoms with van der Waals surface area (Å²) in [6.45, 7) is 3.79. The van der Waals surface area contributed by atoms with Gasteiger partial charge >= 0.3 is 0 Å². The Labute approximate surface area is 111 Å². The van der Waals surface area contributed by atoms with Crippen LogP contribution in [0.5, 0.6) is 17.4 Å². The van der Waals surface area contributed by atoms with Crippen LogP contribution in [0.15, 0.2) is 24.5 Å². The third-order valence-electron chi connectivity index (χ3n) is 2.50. The SMILES string of the molecule is COc1cc(C)ccc1Oc1ncnc(Cl)c1C. The number of aromatic nitrogens is 2. The molecule has 5 heteroatoms. The molecule has 0 unspecified atom stereocenters. The van der Waals surface area contributed by atoms with E-state index >= 15 is 0 Å². The largest absolute Gasteiger partial charge is 0.493 e. The topological polar surface area (TPSA) is 44.2 Å². The molecule has 0 bridgehead atoms. The Balaban J connectivity index is 2.37. The third-order valence-corrected chi connectivity index (χ3v) is 2.88. The fourth-order valence-corrected chi connectivity index (χ4v) is 1.60. The molecule has 0 aliphatic carbocycles. The minimum Gasteiger partial charge on any atom is -0.493 e. The molecular formula is C13H13ClN2O2. The predicted molar refractivity (Wildman–Crippen MR) is 69.6 cm³/mol. The molecule has 0 atom stereocenters. The lowest BCUT2D eigenvalue weighted by Crippen LogP contribution is -1.96. The van der Waals surface area contributed by atoms with E-state index in [2.05, 4.69) is 9.97 Å². The van der Waals surface area contributed by atoms with Crippen molar-refractivity contribution in [3.05, 3.63) is 40.8 Å². The minimum absolute atomic E-state index is 0.381. The normalized spacial score (nSPS) is 10.2. The van der Waals surface area contributed by atoms with Crippen LogP contribution < -0.4 is 9.47 Å². The smallest absolute Gasteiger partial charge is 0.226 e. The first-order valence-corrected chi connectivity index (χ1v) is 5.79. The Morgan fingerprint density at radius 3 is 2.61 bits per heavy atom. The lowest BCUT2D eigenvalue weighted by atomic mass is 10.2. The standard InChI is InChI=1S/C13H13ClN2O2/c1-8-4-5-10(11(6-8)17-3)18-13-9(2)12(14)15-7-16-13/h4-7H,1-3H3. The summed E-state index contributed by atoms with van der Waals surface area (Å²) in [5, 5.41) is 0.381. The third kappa shape index (κ3) is 2.54. The molecule has 4 nitrogen and oxygen atoms in total. The molecule has 0 aliphatic rings. The van der Waals surface area contributed by atoms with Gasteiger partial charge in [-0.05, 0) is 31.5 Å². The number of hydrogen-bond donors (Lipinski definition) is 0. The number of benzene rings is 1. The average molecular weight is 265 g/mol. The zero-order valence-electron chi connectivity index (χ0n) is 10.4. The number of ether oxygens (including phenoxy) is 2. The molecule has 1 aromatic heterocycles. The van der Waals surface area contributed by atoms with Crippen LogP contribution >= 0.6 is 11.6 Å². The van der Waals surface area contributed by atoms with E-state index in [0.29, 0.717) is 28.1 Å². The fraction of sp³-hybridized carbons (Fsp3) is 0.231. The minimum atomic E-state index is 0.381. The van der Waals surface area contributed by atoms with E-state index in [1.165, 1.54) is 6.33 Å². The first-order chi connectivity index (χ1) is 8.61. The van der Waals surface area contributed by atoms with Crippen LogP contribution in [0, 0.1) is 13.8 Å². The lowest BCUT2D eigenvalue weighted by molar-refractivity contribution is 0.372. The molecule has 0 amide bonds. The highest BCUT2D eigenvalue weighted by Crippen LogP contribution is 2.33. The number of hydrogen-bond acceptors (Lipinski definition) is 4. The van der Waals surface area contributed by atoms with Crippen LogP contribution in [-0.2, 0) is 0 Å². The molecule has 0 aliphatic heterocycles. The molecule has 0 saturated heterocycles. The van der Waals surface area contributed by atoms with Gasteiger partial charge in [0.15, 0.2) is 11.5 Å². The molecule has 0 N–H and O–H groups in total. The molecule has 0 spiro atoms. The Morgan fingerprint density at radius 1 is 1.11 bits per heavy atom. The van der Waals surface area contributed by atoms with E-state index in [1.54, 1.807) is 14.0 Å². The van der Waals surface area contributed by atoms with Gasteiger partial charge in [0.2, 0.25) is 5.88 Å². The van der Waals surface area contributed by atoms with Crippen molar-refractivity contribution in [1.29, 1.82) is 0 Å². The van der Waals surface area contributed by atoms with E-state index < -0.39 is 0 Å². The summed E-state index contributed by atoms with van der Waals surface area (Å²) in [6.07, 6.45) is 1.37. The maximum atomic E-state index is 5.92. The summed E-state index contributed by atoms with van der Waals surface area (Å²) in [4.78, 5) is 7.94. The second-order valence-electron chi connectivity index (χ2n) is 3.85. The Hall–Kier alpha value is -1.81. The van der Waals surface area contributed by atoms with Crippen LogP contribution in [0.25, 0.3) is 0 Å². The van der Waals surface area contributed by atoms with Gasteiger partial charge in [-0.3, -0.25) is 0 Å². The highest BCUT2D eigenvalue weighted by atomic mass is 35.5. The summed E-state index contributed by atoms with van der Waals surface area (Å²) in [6, 6.07) is 5.67. The maximum absolute atomic E-state index is 5.92. The van der Waals surface area contributed by atoms with Gasteiger partial charge in [-0.25, -0.2) is 9.97 Å². The van der Waals surface area contributed by atoms with Crippen LogP contribution in [0.2, 0.25) is 5.15 Å². The summed E-state index contributed by atoms with van der Waals surface area (Å²) < 4.78 is 11.0. The molecule has 0 saturated carbocycles. The second kappa shape index (κ2) is 5.23. The molecular weight excluding hydrogens is 252 g/mol. The van der Waals surface area contributed by atoms with Crippen molar-refractivity contribution in [3.63, 3.8) is 0 Å². The van der Waals surface area contributed by atoms with Gasteiger partial charge < -0.3 is 9.47 Å². The van der Waals surface area contributed by atoms with E-state index in [4.69, 9.17) is 21.1 Å². The van der Waals surface area contributed by atoms with Crippen LogP contribution in [-0.4, -0.2) is 17.1 Å². The van der Waals surface area contributed by atoms with Gasteiger partial charge in [0.25, 0.3) is 0 Å². The van der Waals surface area contributed by atoms with Crippen molar-refractivity contribution < 1.29 is 9.47 Å². The van der Waals surface area contributed by atoms with Gasteiger partial charge in [0.05, 0.1) is 7.11 Å². The molecule has 0 radical (unpaired) electrons. The molecule has 0 fully saturated rings. The van der Waals surface area contributed by atoms with E-state index in [0.717, 1.165) is 5.56 Å². The highest BCUT2D eigenvalue weighted by Gasteiger charge is 2.10. The van der Waals surface area contributed by atoms with Gasteiger partial charge in [0, 0.05) is 5.56 Å². The zero-order chi connectivity index (χ0) is 13.1. The number of aryl methyl sites for hydroxylation is 1. The Kier molecular flexibility index (Phi) is 3.67. The molecule has 2 aromatic rings. The van der Waals surface area contributed by atoms with E-state index in [9.17, 15) is 0 Å².